The predicted octanol–water partition coefficient (Wildman–Crippen LogP) is 3.75. The van der Waals surface area contributed by atoms with Gasteiger partial charge in [-0.25, -0.2) is 4.79 Å². The third-order valence-corrected chi connectivity index (χ3v) is 2.95. The Morgan fingerprint density at radius 1 is 1.00 bits per heavy atom. The summed E-state index contributed by atoms with van der Waals surface area (Å²) in [5.41, 5.74) is 4.38. The molecule has 2 nitrogen and oxygen atoms in total. The Morgan fingerprint density at radius 2 is 1.56 bits per heavy atom. The molecule has 0 amide bonds. The second-order valence-corrected chi connectivity index (χ2v) is 4.18. The van der Waals surface area contributed by atoms with Gasteiger partial charge in [0.15, 0.2) is 0 Å². The van der Waals surface area contributed by atoms with Crippen LogP contribution in [0.15, 0.2) is 55.1 Å². The van der Waals surface area contributed by atoms with Crippen LogP contribution >= 0.6 is 0 Å². The van der Waals surface area contributed by atoms with E-state index in [0.29, 0.717) is 0 Å². The number of aryl methyl sites for hydroxylation is 1. The van der Waals surface area contributed by atoms with Crippen molar-refractivity contribution in [3.63, 3.8) is 0 Å². The number of benzene rings is 2. The van der Waals surface area contributed by atoms with E-state index in [0.717, 1.165) is 22.3 Å². The van der Waals surface area contributed by atoms with Crippen molar-refractivity contribution < 1.29 is 9.90 Å². The zero-order valence-electron chi connectivity index (χ0n) is 10.2. The Morgan fingerprint density at radius 3 is 2.11 bits per heavy atom. The summed E-state index contributed by atoms with van der Waals surface area (Å²) < 4.78 is 0. The van der Waals surface area contributed by atoms with Gasteiger partial charge in [0.25, 0.3) is 0 Å². The zero-order chi connectivity index (χ0) is 13.1. The number of carboxylic acid groups (broad SMARTS) is 1. The number of aromatic carboxylic acids is 1. The van der Waals surface area contributed by atoms with Crippen LogP contribution in [-0.4, -0.2) is 11.1 Å². The van der Waals surface area contributed by atoms with Crippen molar-refractivity contribution in [1.82, 2.24) is 0 Å². The molecular weight excluding hydrogens is 224 g/mol. The number of hydrogen-bond acceptors (Lipinski definition) is 1. The molecule has 90 valence electrons. The fraction of sp³-hybridized carbons (Fsp3) is 0.0625. The predicted molar refractivity (Wildman–Crippen MR) is 72.7 cm³/mol. The van der Waals surface area contributed by atoms with Crippen molar-refractivity contribution in [1.29, 1.82) is 0 Å². The van der Waals surface area contributed by atoms with E-state index in [1.165, 1.54) is 0 Å². The van der Waals surface area contributed by atoms with Crippen molar-refractivity contribution in [3.8, 4) is 0 Å². The third kappa shape index (κ3) is 2.33. The highest BCUT2D eigenvalue weighted by Gasteiger charge is 2.06. The molecule has 2 rings (SSSR count). The van der Waals surface area contributed by atoms with E-state index < -0.39 is 5.97 Å². The molecular formula is C16H14O2. The molecule has 1 N–H and O–H groups in total. The van der Waals surface area contributed by atoms with E-state index in [4.69, 9.17) is 5.11 Å². The van der Waals surface area contributed by atoms with Gasteiger partial charge in [0, 0.05) is 0 Å². The molecule has 2 aromatic rings. The highest BCUT2D eigenvalue weighted by Crippen LogP contribution is 2.24. The lowest BCUT2D eigenvalue weighted by Gasteiger charge is -2.09. The minimum absolute atomic E-state index is 0.288. The van der Waals surface area contributed by atoms with Crippen molar-refractivity contribution in [2.24, 2.45) is 0 Å². The molecule has 0 atom stereocenters. The van der Waals surface area contributed by atoms with Crippen molar-refractivity contribution >= 4 is 11.5 Å². The topological polar surface area (TPSA) is 37.3 Å². The van der Waals surface area contributed by atoms with Crippen molar-refractivity contribution in [3.05, 3.63) is 77.4 Å². The van der Waals surface area contributed by atoms with E-state index in [-0.39, 0.29) is 5.56 Å². The molecule has 0 saturated heterocycles. The molecule has 0 radical (unpaired) electrons. The molecule has 0 heterocycles. The maximum Gasteiger partial charge on any atom is 0.335 e. The first-order chi connectivity index (χ1) is 8.59. The van der Waals surface area contributed by atoms with Crippen LogP contribution in [0.4, 0.5) is 0 Å². The van der Waals surface area contributed by atoms with Crippen LogP contribution in [0.1, 0.15) is 27.0 Å². The van der Waals surface area contributed by atoms with Crippen LogP contribution in [0.25, 0.3) is 5.57 Å². The lowest BCUT2D eigenvalue weighted by atomic mass is 9.95. The summed E-state index contributed by atoms with van der Waals surface area (Å²) in [5, 5.41) is 8.85. The Labute approximate surface area is 106 Å². The SMILES string of the molecule is C=C(c1ccc(C(=O)O)cc1)c1ccccc1C. The van der Waals surface area contributed by atoms with Gasteiger partial charge in [0.05, 0.1) is 5.56 Å². The lowest BCUT2D eigenvalue weighted by molar-refractivity contribution is 0.0697. The highest BCUT2D eigenvalue weighted by molar-refractivity contribution is 5.88. The van der Waals surface area contributed by atoms with E-state index in [2.05, 4.69) is 6.58 Å². The molecule has 0 unspecified atom stereocenters. The maximum atomic E-state index is 10.8. The van der Waals surface area contributed by atoms with Crippen LogP contribution in [0, 0.1) is 6.92 Å². The standard InChI is InChI=1S/C16H14O2/c1-11-5-3-4-6-15(11)12(2)13-7-9-14(10-8-13)16(17)18/h3-10H,2H2,1H3,(H,17,18). The van der Waals surface area contributed by atoms with Crippen LogP contribution in [0.5, 0.6) is 0 Å². The van der Waals surface area contributed by atoms with Gasteiger partial charge in [0.2, 0.25) is 0 Å². The first kappa shape index (κ1) is 12.1. The minimum Gasteiger partial charge on any atom is -0.478 e. The van der Waals surface area contributed by atoms with E-state index in [1.807, 2.05) is 31.2 Å². The molecule has 0 spiro atoms. The summed E-state index contributed by atoms with van der Waals surface area (Å²) >= 11 is 0. The molecule has 0 aliphatic rings. The molecule has 0 bridgehead atoms. The van der Waals surface area contributed by atoms with Gasteiger partial charge in [-0.2, -0.15) is 0 Å². The average molecular weight is 238 g/mol. The van der Waals surface area contributed by atoms with Crippen LogP contribution < -0.4 is 0 Å². The molecule has 0 aliphatic carbocycles. The van der Waals surface area contributed by atoms with Gasteiger partial charge < -0.3 is 5.11 Å². The number of rotatable bonds is 3. The van der Waals surface area contributed by atoms with Gasteiger partial charge >= 0.3 is 5.97 Å². The van der Waals surface area contributed by atoms with Gasteiger partial charge in [0.1, 0.15) is 0 Å². The first-order valence-electron chi connectivity index (χ1n) is 5.68. The fourth-order valence-corrected chi connectivity index (χ4v) is 1.88. The van der Waals surface area contributed by atoms with Gasteiger partial charge in [-0.05, 0) is 41.3 Å². The van der Waals surface area contributed by atoms with E-state index >= 15 is 0 Å². The molecule has 0 aliphatic heterocycles. The molecule has 2 aromatic carbocycles. The smallest absolute Gasteiger partial charge is 0.335 e. The second-order valence-electron chi connectivity index (χ2n) is 4.18. The van der Waals surface area contributed by atoms with Gasteiger partial charge in [-0.3, -0.25) is 0 Å². The summed E-state index contributed by atoms with van der Waals surface area (Å²) in [7, 11) is 0. The lowest BCUT2D eigenvalue weighted by Crippen LogP contribution is -1.96. The second kappa shape index (κ2) is 4.88. The maximum absolute atomic E-state index is 10.8. The monoisotopic (exact) mass is 238 g/mol. The zero-order valence-corrected chi connectivity index (χ0v) is 10.2. The van der Waals surface area contributed by atoms with Crippen LogP contribution in [0.2, 0.25) is 0 Å². The normalized spacial score (nSPS) is 10.1. The van der Waals surface area contributed by atoms with Crippen LogP contribution in [-0.2, 0) is 0 Å². The van der Waals surface area contributed by atoms with E-state index in [1.54, 1.807) is 24.3 Å². The van der Waals surface area contributed by atoms with Gasteiger partial charge in [-0.15, -0.1) is 0 Å². The Balaban J connectivity index is 2.35. The van der Waals surface area contributed by atoms with Crippen molar-refractivity contribution in [2.75, 3.05) is 0 Å². The molecule has 0 saturated carbocycles. The third-order valence-electron chi connectivity index (χ3n) is 2.95. The summed E-state index contributed by atoms with van der Waals surface area (Å²) in [4.78, 5) is 10.8. The van der Waals surface area contributed by atoms with Crippen LogP contribution in [0.3, 0.4) is 0 Å². The first-order valence-corrected chi connectivity index (χ1v) is 5.68. The molecule has 18 heavy (non-hydrogen) atoms. The quantitative estimate of drug-likeness (QED) is 0.884. The molecule has 0 aromatic heterocycles. The van der Waals surface area contributed by atoms with E-state index in [9.17, 15) is 4.79 Å². The minimum atomic E-state index is -0.914. The average Bonchev–Trinajstić information content (AvgIpc) is 2.38. The summed E-state index contributed by atoms with van der Waals surface area (Å²) in [6, 6.07) is 14.8. The number of carboxylic acids is 1. The fourth-order valence-electron chi connectivity index (χ4n) is 1.88. The summed E-state index contributed by atoms with van der Waals surface area (Å²) in [6.07, 6.45) is 0. The Bertz CT molecular complexity index is 595. The molecule has 0 fully saturated rings. The Hall–Kier alpha value is -2.35. The Kier molecular flexibility index (Phi) is 3.28. The number of carbonyl (C=O) groups is 1. The largest absolute Gasteiger partial charge is 0.478 e. The molecule has 2 heteroatoms. The summed E-state index contributed by atoms with van der Waals surface area (Å²) in [6.45, 7) is 6.12. The summed E-state index contributed by atoms with van der Waals surface area (Å²) in [5.74, 6) is -0.914. The highest BCUT2D eigenvalue weighted by atomic mass is 16.4. The number of hydrogen-bond donors (Lipinski definition) is 1. The van der Waals surface area contributed by atoms with Gasteiger partial charge in [-0.1, -0.05) is 43.0 Å². The van der Waals surface area contributed by atoms with Crippen molar-refractivity contribution in [2.45, 2.75) is 6.92 Å².